The predicted molar refractivity (Wildman–Crippen MR) is 149 cm³/mol. The Morgan fingerprint density at radius 1 is 0.973 bits per heavy atom. The summed E-state index contributed by atoms with van der Waals surface area (Å²) in [6.07, 6.45) is 9.21. The van der Waals surface area contributed by atoms with Crippen LogP contribution in [0.1, 0.15) is 29.8 Å². The molecule has 1 aromatic carbocycles. The molecule has 1 fully saturated rings. The summed E-state index contributed by atoms with van der Waals surface area (Å²) in [5.74, 6) is 0.578. The highest BCUT2D eigenvalue weighted by atomic mass is 16.1. The fourth-order valence-electron chi connectivity index (χ4n) is 4.62. The molecule has 0 bridgehead atoms. The Morgan fingerprint density at radius 3 is 2.57 bits per heavy atom. The first-order valence-corrected chi connectivity index (χ1v) is 12.8. The van der Waals surface area contributed by atoms with Crippen molar-refractivity contribution in [1.29, 1.82) is 0 Å². The lowest BCUT2D eigenvalue weighted by Crippen LogP contribution is -2.29. The molecule has 5 rings (SSSR count). The van der Waals surface area contributed by atoms with E-state index in [4.69, 9.17) is 0 Å². The zero-order valence-electron chi connectivity index (χ0n) is 21.7. The second-order valence-corrected chi connectivity index (χ2v) is 9.90. The minimum Gasteiger partial charge on any atom is -0.370 e. The van der Waals surface area contributed by atoms with Crippen molar-refractivity contribution < 1.29 is 4.79 Å². The molecule has 0 aliphatic carbocycles. The monoisotopic (exact) mass is 498 g/mol. The summed E-state index contributed by atoms with van der Waals surface area (Å²) >= 11 is 0. The molecular weight excluding hydrogens is 464 g/mol. The number of anilines is 3. The topological polar surface area (TPSA) is 93.3 Å². The van der Waals surface area contributed by atoms with E-state index in [0.29, 0.717) is 11.4 Å². The van der Waals surface area contributed by atoms with Gasteiger partial charge in [-0.25, -0.2) is 4.98 Å². The van der Waals surface area contributed by atoms with Crippen LogP contribution in [0.15, 0.2) is 55.0 Å². The minimum absolute atomic E-state index is 0.279. The summed E-state index contributed by atoms with van der Waals surface area (Å²) in [6, 6.07) is 12.0. The van der Waals surface area contributed by atoms with E-state index in [1.165, 1.54) is 19.3 Å². The maximum absolute atomic E-state index is 13.1. The van der Waals surface area contributed by atoms with Crippen LogP contribution in [0.4, 0.5) is 17.2 Å². The van der Waals surface area contributed by atoms with Gasteiger partial charge in [-0.2, -0.15) is 5.10 Å². The van der Waals surface area contributed by atoms with Crippen molar-refractivity contribution in [2.45, 2.75) is 19.3 Å². The lowest BCUT2D eigenvalue weighted by atomic mass is 10.0. The Morgan fingerprint density at radius 2 is 1.81 bits per heavy atom. The van der Waals surface area contributed by atoms with Gasteiger partial charge in [-0.3, -0.25) is 14.9 Å². The number of likely N-dealkylation sites (N-methyl/N-ethyl adjacent to an activating group) is 2. The smallest absolute Gasteiger partial charge is 0.276 e. The van der Waals surface area contributed by atoms with Gasteiger partial charge >= 0.3 is 0 Å². The fourth-order valence-corrected chi connectivity index (χ4v) is 4.62. The number of rotatable bonds is 8. The number of piperidine rings is 1. The van der Waals surface area contributed by atoms with Gasteiger partial charge in [0.2, 0.25) is 0 Å². The van der Waals surface area contributed by atoms with Gasteiger partial charge in [0.05, 0.1) is 29.3 Å². The molecule has 3 aromatic heterocycles. The molecule has 0 saturated carbocycles. The Bertz CT molecular complexity index is 1360. The molecule has 1 aliphatic heterocycles. The van der Waals surface area contributed by atoms with Crippen LogP contribution in [0.3, 0.4) is 0 Å². The first-order valence-electron chi connectivity index (χ1n) is 12.8. The first-order chi connectivity index (χ1) is 18.0. The van der Waals surface area contributed by atoms with Crippen LogP contribution in [0.5, 0.6) is 0 Å². The number of benzene rings is 1. The number of amides is 1. The van der Waals surface area contributed by atoms with Gasteiger partial charge in [0.1, 0.15) is 5.82 Å². The molecule has 192 valence electrons. The highest BCUT2D eigenvalue weighted by Crippen LogP contribution is 2.29. The van der Waals surface area contributed by atoms with Gasteiger partial charge in [0, 0.05) is 50.4 Å². The SMILES string of the molecule is CN(C)CCN(C)c1ccc(NC(=O)c2n[nH]c3ccc(-c4cncc(N5CCCCC5)c4)cc23)cn1. The normalized spacial score (nSPS) is 13.8. The van der Waals surface area contributed by atoms with Crippen molar-refractivity contribution in [2.75, 3.05) is 62.4 Å². The lowest BCUT2D eigenvalue weighted by Gasteiger charge is -2.28. The lowest BCUT2D eigenvalue weighted by molar-refractivity contribution is 0.102. The second-order valence-electron chi connectivity index (χ2n) is 9.90. The van der Waals surface area contributed by atoms with E-state index in [2.05, 4.69) is 46.2 Å². The molecule has 4 aromatic rings. The van der Waals surface area contributed by atoms with E-state index in [0.717, 1.165) is 59.7 Å². The molecular formula is C28H34N8O. The highest BCUT2D eigenvalue weighted by Gasteiger charge is 2.17. The molecule has 0 radical (unpaired) electrons. The fraction of sp³-hybridized carbons (Fsp3) is 0.357. The van der Waals surface area contributed by atoms with Crippen LogP contribution < -0.4 is 15.1 Å². The van der Waals surface area contributed by atoms with E-state index in [1.54, 1.807) is 6.20 Å². The number of carbonyl (C=O) groups excluding carboxylic acids is 1. The Labute approximate surface area is 217 Å². The van der Waals surface area contributed by atoms with Gasteiger partial charge < -0.3 is 20.0 Å². The predicted octanol–water partition coefficient (Wildman–Crippen LogP) is 4.26. The van der Waals surface area contributed by atoms with E-state index in [-0.39, 0.29) is 5.91 Å². The molecule has 2 N–H and O–H groups in total. The summed E-state index contributed by atoms with van der Waals surface area (Å²) in [4.78, 5) is 28.8. The molecule has 9 heteroatoms. The summed E-state index contributed by atoms with van der Waals surface area (Å²) < 4.78 is 0. The van der Waals surface area contributed by atoms with Gasteiger partial charge in [-0.05, 0) is 69.3 Å². The Kier molecular flexibility index (Phi) is 7.32. The van der Waals surface area contributed by atoms with Crippen molar-refractivity contribution in [1.82, 2.24) is 25.1 Å². The van der Waals surface area contributed by atoms with Gasteiger partial charge in [0.15, 0.2) is 5.69 Å². The third-order valence-electron chi connectivity index (χ3n) is 6.84. The van der Waals surface area contributed by atoms with Crippen molar-refractivity contribution in [3.05, 3.63) is 60.7 Å². The van der Waals surface area contributed by atoms with Crippen LogP contribution in [0.25, 0.3) is 22.0 Å². The van der Waals surface area contributed by atoms with Crippen LogP contribution in [-0.2, 0) is 0 Å². The second kappa shape index (κ2) is 11.0. The van der Waals surface area contributed by atoms with Crippen LogP contribution in [0, 0.1) is 0 Å². The van der Waals surface area contributed by atoms with E-state index >= 15 is 0 Å². The van der Waals surface area contributed by atoms with E-state index < -0.39 is 0 Å². The number of aromatic amines is 1. The summed E-state index contributed by atoms with van der Waals surface area (Å²) in [7, 11) is 6.10. The molecule has 1 amide bonds. The maximum atomic E-state index is 13.1. The number of hydrogen-bond acceptors (Lipinski definition) is 7. The van der Waals surface area contributed by atoms with Crippen LogP contribution in [-0.4, -0.2) is 78.3 Å². The molecule has 1 saturated heterocycles. The number of nitrogens with zero attached hydrogens (tertiary/aromatic N) is 6. The van der Waals surface area contributed by atoms with E-state index in [1.807, 2.05) is 63.9 Å². The summed E-state index contributed by atoms with van der Waals surface area (Å²) in [6.45, 7) is 3.93. The number of hydrogen-bond donors (Lipinski definition) is 2. The van der Waals surface area contributed by atoms with Gasteiger partial charge in [-0.15, -0.1) is 0 Å². The molecule has 1 aliphatic rings. The van der Waals surface area contributed by atoms with Gasteiger partial charge in [0.25, 0.3) is 5.91 Å². The Hall–Kier alpha value is -3.98. The average molecular weight is 499 g/mol. The number of H-pyrrole nitrogens is 1. The molecule has 9 nitrogen and oxygen atoms in total. The zero-order valence-corrected chi connectivity index (χ0v) is 21.7. The number of fused-ring (bicyclic) bond motifs is 1. The number of aromatic nitrogens is 4. The van der Waals surface area contributed by atoms with Gasteiger partial charge in [-0.1, -0.05) is 6.07 Å². The minimum atomic E-state index is -0.279. The quantitative estimate of drug-likeness (QED) is 0.375. The molecule has 4 heterocycles. The van der Waals surface area contributed by atoms with Crippen molar-refractivity contribution >= 4 is 34.0 Å². The first kappa shape index (κ1) is 24.7. The molecule has 0 atom stereocenters. The number of nitrogens with one attached hydrogen (secondary N) is 2. The van der Waals surface area contributed by atoms with Crippen molar-refractivity contribution in [3.8, 4) is 11.1 Å². The third kappa shape index (κ3) is 5.72. The highest BCUT2D eigenvalue weighted by molar-refractivity contribution is 6.11. The number of carbonyl (C=O) groups is 1. The number of pyridine rings is 2. The molecule has 37 heavy (non-hydrogen) atoms. The average Bonchev–Trinajstić information content (AvgIpc) is 3.36. The molecule has 0 unspecified atom stereocenters. The standard InChI is InChI=1S/C28H34N8O/c1-34(2)13-14-35(3)26-10-8-22(18-30-26)31-28(37)27-24-16-20(7-9-25(24)32-33-27)21-15-23(19-29-17-21)36-11-5-4-6-12-36/h7-10,15-19H,4-6,11-14H2,1-3H3,(H,31,37)(H,32,33). The Balaban J connectivity index is 1.33. The third-order valence-corrected chi connectivity index (χ3v) is 6.84. The summed E-state index contributed by atoms with van der Waals surface area (Å²) in [5, 5.41) is 11.0. The van der Waals surface area contributed by atoms with Crippen molar-refractivity contribution in [2.24, 2.45) is 0 Å². The largest absolute Gasteiger partial charge is 0.370 e. The molecule has 0 spiro atoms. The summed E-state index contributed by atoms with van der Waals surface area (Å²) in [5.41, 5.74) is 4.96. The van der Waals surface area contributed by atoms with Crippen molar-refractivity contribution in [3.63, 3.8) is 0 Å². The zero-order chi connectivity index (χ0) is 25.8. The van der Waals surface area contributed by atoms with Crippen LogP contribution in [0.2, 0.25) is 0 Å². The van der Waals surface area contributed by atoms with Crippen LogP contribution >= 0.6 is 0 Å². The maximum Gasteiger partial charge on any atom is 0.276 e. The van der Waals surface area contributed by atoms with E-state index in [9.17, 15) is 4.79 Å².